The van der Waals surface area contributed by atoms with E-state index < -0.39 is 6.10 Å². The summed E-state index contributed by atoms with van der Waals surface area (Å²) in [6, 6.07) is 27.4. The lowest BCUT2D eigenvalue weighted by molar-refractivity contribution is -0.121. The van der Waals surface area contributed by atoms with Crippen LogP contribution in [0, 0.1) is 5.92 Å². The van der Waals surface area contributed by atoms with Crippen molar-refractivity contribution in [3.8, 4) is 17.2 Å². The van der Waals surface area contributed by atoms with Gasteiger partial charge in [-0.1, -0.05) is 73.9 Å². The fourth-order valence-corrected chi connectivity index (χ4v) is 5.79. The van der Waals surface area contributed by atoms with Crippen LogP contribution in [-0.2, 0) is 24.2 Å². The van der Waals surface area contributed by atoms with Crippen molar-refractivity contribution in [2.24, 2.45) is 5.92 Å². The van der Waals surface area contributed by atoms with E-state index in [0.717, 1.165) is 54.0 Å². The van der Waals surface area contributed by atoms with Crippen LogP contribution in [0.2, 0.25) is 0 Å². The quantitative estimate of drug-likeness (QED) is 0.0964. The number of phenols is 1. The van der Waals surface area contributed by atoms with E-state index >= 15 is 0 Å². The lowest BCUT2D eigenvalue weighted by Gasteiger charge is -2.19. The van der Waals surface area contributed by atoms with Crippen LogP contribution in [0.4, 0.5) is 0 Å². The van der Waals surface area contributed by atoms with Crippen molar-refractivity contribution in [1.82, 2.24) is 0 Å². The molecule has 0 aromatic heterocycles. The summed E-state index contributed by atoms with van der Waals surface area (Å²) in [5.74, 6) is 1.72. The smallest absolute Gasteiger partial charge is 0.161 e. The topological polar surface area (TPSA) is 96.2 Å². The Bertz CT molecular complexity index is 1450. The number of fused-ring (bicyclic) bond motifs is 1. The normalized spacial score (nSPS) is 12.6. The highest BCUT2D eigenvalue weighted by Crippen LogP contribution is 2.30. The molecule has 3 N–H and O–H groups in total. The minimum absolute atomic E-state index is 0.0311. The number of Topliss-reactive ketones (excluding diaryl/α,β-unsaturated/α-hetero) is 1. The molecule has 6 heteroatoms. The van der Waals surface area contributed by atoms with E-state index in [-0.39, 0.29) is 30.5 Å². The molecular weight excluding hydrogens is 552 g/mol. The molecule has 0 aliphatic carbocycles. The van der Waals surface area contributed by atoms with Crippen molar-refractivity contribution >= 4 is 16.6 Å². The molecule has 0 spiro atoms. The van der Waals surface area contributed by atoms with Gasteiger partial charge in [-0.3, -0.25) is 4.79 Å². The molecule has 6 nitrogen and oxygen atoms in total. The summed E-state index contributed by atoms with van der Waals surface area (Å²) in [6.07, 6.45) is 6.86. The minimum Gasteiger partial charge on any atom is -0.508 e. The maximum atomic E-state index is 12.8. The highest BCUT2D eigenvalue weighted by atomic mass is 16.5. The number of hydrogen-bond acceptors (Lipinski definition) is 6. The van der Waals surface area contributed by atoms with E-state index in [9.17, 15) is 20.1 Å². The van der Waals surface area contributed by atoms with Crippen LogP contribution in [0.25, 0.3) is 10.8 Å². The van der Waals surface area contributed by atoms with E-state index in [1.54, 1.807) is 19.2 Å². The van der Waals surface area contributed by atoms with Crippen LogP contribution in [0.15, 0.2) is 84.9 Å². The molecule has 0 bridgehead atoms. The lowest BCUT2D eigenvalue weighted by atomic mass is 9.90. The second kappa shape index (κ2) is 17.4. The first-order valence-corrected chi connectivity index (χ1v) is 15.8. The van der Waals surface area contributed by atoms with E-state index in [1.807, 2.05) is 48.5 Å². The number of hydrogen-bond donors (Lipinski definition) is 3. The fraction of sp³-hybridized carbons (Fsp3) is 0.395. The summed E-state index contributed by atoms with van der Waals surface area (Å²) in [6.45, 7) is 0.451. The van der Waals surface area contributed by atoms with Crippen LogP contribution >= 0.6 is 0 Å². The van der Waals surface area contributed by atoms with Crippen LogP contribution < -0.4 is 9.47 Å². The maximum Gasteiger partial charge on any atom is 0.161 e. The van der Waals surface area contributed by atoms with Gasteiger partial charge >= 0.3 is 0 Å². The second-order valence-electron chi connectivity index (χ2n) is 11.7. The molecule has 0 saturated carbocycles. The molecule has 2 atom stereocenters. The number of ether oxygens (including phenoxy) is 2. The monoisotopic (exact) mass is 598 g/mol. The van der Waals surface area contributed by atoms with E-state index in [1.165, 1.54) is 5.56 Å². The Balaban J connectivity index is 1.21. The molecular formula is C38H46O6. The number of aliphatic hydroxyl groups excluding tert-OH is 2. The van der Waals surface area contributed by atoms with Gasteiger partial charge in [0, 0.05) is 19.4 Å². The van der Waals surface area contributed by atoms with Gasteiger partial charge in [0.15, 0.2) is 11.5 Å². The predicted octanol–water partition coefficient (Wildman–Crippen LogP) is 7.58. The molecule has 4 rings (SSSR count). The van der Waals surface area contributed by atoms with Crippen molar-refractivity contribution in [2.45, 2.75) is 76.9 Å². The molecule has 0 fully saturated rings. The number of aliphatic hydroxyl groups is 2. The standard InChI is InChI=1S/C38H46O6/c1-43-37-19-14-30(24-38(37)44-27-31-12-15-33-25-34(40)18-16-32(33)22-31)13-17-35(41)26-36(42)23-29(20-21-39)11-7-3-6-10-28-8-4-2-5-9-28/h2,4-5,8-9,12,14-16,18-19,22,24-25,29,36,39-40,42H,3,6-7,10-11,13,17,20-21,23,26-27H2,1H3. The molecule has 0 heterocycles. The summed E-state index contributed by atoms with van der Waals surface area (Å²) < 4.78 is 11.6. The van der Waals surface area contributed by atoms with Gasteiger partial charge < -0.3 is 24.8 Å². The Kier molecular flexibility index (Phi) is 13.1. The van der Waals surface area contributed by atoms with Crippen LogP contribution in [-0.4, -0.2) is 40.9 Å². The number of ketones is 1. The third-order valence-electron chi connectivity index (χ3n) is 8.23. The van der Waals surface area contributed by atoms with Gasteiger partial charge in [-0.05, 0) is 95.8 Å². The largest absolute Gasteiger partial charge is 0.508 e. The average Bonchev–Trinajstić information content (AvgIpc) is 3.03. The lowest BCUT2D eigenvalue weighted by Crippen LogP contribution is -2.19. The number of aromatic hydroxyl groups is 1. The first-order chi connectivity index (χ1) is 21.4. The number of benzene rings is 4. The molecule has 4 aromatic carbocycles. The van der Waals surface area contributed by atoms with Gasteiger partial charge in [-0.15, -0.1) is 0 Å². The number of carbonyl (C=O) groups is 1. The predicted molar refractivity (Wildman–Crippen MR) is 175 cm³/mol. The van der Waals surface area contributed by atoms with Gasteiger partial charge in [0.25, 0.3) is 0 Å². The van der Waals surface area contributed by atoms with Gasteiger partial charge in [0.05, 0.1) is 13.2 Å². The van der Waals surface area contributed by atoms with Crippen LogP contribution in [0.1, 0.15) is 68.1 Å². The summed E-state index contributed by atoms with van der Waals surface area (Å²) in [4.78, 5) is 12.8. The Morgan fingerprint density at radius 3 is 2.34 bits per heavy atom. The number of aryl methyl sites for hydroxylation is 2. The van der Waals surface area contributed by atoms with Crippen molar-refractivity contribution in [1.29, 1.82) is 0 Å². The average molecular weight is 599 g/mol. The number of rotatable bonds is 19. The van der Waals surface area contributed by atoms with Crippen molar-refractivity contribution in [3.05, 3.63) is 102 Å². The molecule has 234 valence electrons. The second-order valence-corrected chi connectivity index (χ2v) is 11.7. The van der Waals surface area contributed by atoms with E-state index in [4.69, 9.17) is 9.47 Å². The molecule has 0 aliphatic heterocycles. The number of phenolic OH excluding ortho intramolecular Hbond substituents is 1. The summed E-state index contributed by atoms with van der Waals surface area (Å²) in [5.41, 5.74) is 3.31. The van der Waals surface area contributed by atoms with E-state index in [2.05, 4.69) is 24.3 Å². The van der Waals surface area contributed by atoms with Crippen LogP contribution in [0.3, 0.4) is 0 Å². The van der Waals surface area contributed by atoms with E-state index in [0.29, 0.717) is 43.8 Å². The van der Waals surface area contributed by atoms with Gasteiger partial charge in [-0.2, -0.15) is 0 Å². The van der Waals surface area contributed by atoms with Gasteiger partial charge in [-0.25, -0.2) is 0 Å². The Labute approximate surface area is 261 Å². The molecule has 0 aliphatic rings. The van der Waals surface area contributed by atoms with Crippen molar-refractivity contribution in [3.63, 3.8) is 0 Å². The minimum atomic E-state index is -0.691. The zero-order chi connectivity index (χ0) is 31.1. The maximum absolute atomic E-state index is 12.8. The highest BCUT2D eigenvalue weighted by Gasteiger charge is 2.18. The Hall–Kier alpha value is -3.87. The highest BCUT2D eigenvalue weighted by molar-refractivity contribution is 5.84. The number of methoxy groups -OCH3 is 1. The third-order valence-corrected chi connectivity index (χ3v) is 8.23. The Morgan fingerprint density at radius 1 is 0.773 bits per heavy atom. The fourth-order valence-electron chi connectivity index (χ4n) is 5.79. The van der Waals surface area contributed by atoms with Crippen LogP contribution in [0.5, 0.6) is 17.2 Å². The van der Waals surface area contributed by atoms with Crippen molar-refractivity contribution in [2.75, 3.05) is 13.7 Å². The first kappa shape index (κ1) is 33.0. The molecule has 2 unspecified atom stereocenters. The molecule has 4 aromatic rings. The molecule has 0 saturated heterocycles. The first-order valence-electron chi connectivity index (χ1n) is 15.8. The summed E-state index contributed by atoms with van der Waals surface area (Å²) in [5, 5.41) is 31.9. The summed E-state index contributed by atoms with van der Waals surface area (Å²) >= 11 is 0. The van der Waals surface area contributed by atoms with Gasteiger partial charge in [0.1, 0.15) is 18.1 Å². The van der Waals surface area contributed by atoms with Gasteiger partial charge in [0.2, 0.25) is 0 Å². The molecule has 44 heavy (non-hydrogen) atoms. The molecule has 0 radical (unpaired) electrons. The van der Waals surface area contributed by atoms with Crippen molar-refractivity contribution < 1.29 is 29.6 Å². The summed E-state index contributed by atoms with van der Waals surface area (Å²) in [7, 11) is 1.60. The number of carbonyl (C=O) groups excluding carboxylic acids is 1. The Morgan fingerprint density at radius 2 is 1.55 bits per heavy atom. The SMILES string of the molecule is COc1ccc(CCC(=O)CC(O)CC(CCO)CCCCCc2ccccc2)cc1OCc1ccc2cc(O)ccc2c1. The zero-order valence-electron chi connectivity index (χ0n) is 25.8. The molecule has 0 amide bonds. The number of unbranched alkanes of at least 4 members (excludes halogenated alkanes) is 2. The third kappa shape index (κ3) is 10.7. The zero-order valence-corrected chi connectivity index (χ0v) is 25.8.